The van der Waals surface area contributed by atoms with E-state index in [1.165, 1.54) is 61.2 Å². The topological polar surface area (TPSA) is 9.23 Å². The van der Waals surface area contributed by atoms with E-state index in [0.29, 0.717) is 0 Å². The summed E-state index contributed by atoms with van der Waals surface area (Å²) in [5.41, 5.74) is 16.0. The Balaban J connectivity index is 1.80. The molecule has 4 bridgehead atoms. The summed E-state index contributed by atoms with van der Waals surface area (Å²) < 4.78 is 6.17. The molecule has 0 spiro atoms. The Morgan fingerprint density at radius 3 is 1.10 bits per heavy atom. The van der Waals surface area contributed by atoms with Crippen LogP contribution in [0.4, 0.5) is 0 Å². The van der Waals surface area contributed by atoms with Gasteiger partial charge < -0.3 is 4.74 Å². The van der Waals surface area contributed by atoms with Gasteiger partial charge >= 0.3 is 0 Å². The molecule has 1 nitrogen and oxygen atoms in total. The third-order valence-electron chi connectivity index (χ3n) is 8.87. The van der Waals surface area contributed by atoms with Crippen molar-refractivity contribution < 1.29 is 4.74 Å². The summed E-state index contributed by atoms with van der Waals surface area (Å²) in [5, 5.41) is 0. The lowest BCUT2D eigenvalue weighted by Crippen LogP contribution is -2.16. The number of aryl methyl sites for hydroxylation is 4. The number of hydrogen-bond acceptors (Lipinski definition) is 1. The second-order valence-corrected chi connectivity index (χ2v) is 15.0. The van der Waals surface area contributed by atoms with Crippen molar-refractivity contribution in [2.24, 2.45) is 0 Å². The van der Waals surface area contributed by atoms with Crippen molar-refractivity contribution in [3.05, 3.63) is 97.6 Å². The molecule has 3 aromatic rings. The van der Waals surface area contributed by atoms with Gasteiger partial charge in [0.15, 0.2) is 0 Å². The molecule has 1 heteroatoms. The largest absolute Gasteiger partial charge is 0.496 e. The molecular weight excluding hydrogens is 472 g/mol. The SMILES string of the molecule is COc1c2cc(C(C)(C)C)cc1CCc1cc(C(C)(C)C)cc3c1C=Cc1c(cc(C(C)(C)C)cc1C3)CC2. The molecule has 0 fully saturated rings. The van der Waals surface area contributed by atoms with Crippen LogP contribution in [-0.2, 0) is 48.3 Å². The van der Waals surface area contributed by atoms with Crippen molar-refractivity contribution in [3.8, 4) is 5.75 Å². The van der Waals surface area contributed by atoms with Crippen molar-refractivity contribution in [2.75, 3.05) is 7.11 Å². The molecule has 0 aliphatic heterocycles. The van der Waals surface area contributed by atoms with Gasteiger partial charge in [-0.2, -0.15) is 0 Å². The fraction of sp³-hybridized carbons (Fsp3) is 0.474. The predicted octanol–water partition coefficient (Wildman–Crippen LogP) is 9.55. The molecule has 2 aliphatic carbocycles. The van der Waals surface area contributed by atoms with Crippen LogP contribution in [0.25, 0.3) is 12.2 Å². The fourth-order valence-corrected chi connectivity index (χ4v) is 6.29. The Morgan fingerprint density at radius 1 is 0.462 bits per heavy atom. The maximum Gasteiger partial charge on any atom is 0.125 e. The highest BCUT2D eigenvalue weighted by molar-refractivity contribution is 5.79. The van der Waals surface area contributed by atoms with Crippen LogP contribution in [0.1, 0.15) is 124 Å². The van der Waals surface area contributed by atoms with Gasteiger partial charge in [0.25, 0.3) is 0 Å². The highest BCUT2D eigenvalue weighted by atomic mass is 16.5. The molecule has 0 N–H and O–H groups in total. The summed E-state index contributed by atoms with van der Waals surface area (Å²) in [6, 6.07) is 14.8. The van der Waals surface area contributed by atoms with Crippen LogP contribution >= 0.6 is 0 Å². The quantitative estimate of drug-likeness (QED) is 0.243. The molecule has 39 heavy (non-hydrogen) atoms. The third-order valence-corrected chi connectivity index (χ3v) is 8.87. The molecular formula is C38H48O. The van der Waals surface area contributed by atoms with E-state index in [9.17, 15) is 0 Å². The van der Waals surface area contributed by atoms with Crippen molar-refractivity contribution in [2.45, 2.75) is 111 Å². The first-order chi connectivity index (χ1) is 18.1. The van der Waals surface area contributed by atoms with Gasteiger partial charge in [-0.3, -0.25) is 0 Å². The van der Waals surface area contributed by atoms with Crippen LogP contribution in [-0.4, -0.2) is 7.11 Å². The van der Waals surface area contributed by atoms with Gasteiger partial charge in [0.1, 0.15) is 5.75 Å². The van der Waals surface area contributed by atoms with Crippen LogP contribution in [0.5, 0.6) is 5.75 Å². The maximum absolute atomic E-state index is 6.17. The molecule has 0 heterocycles. The average Bonchev–Trinajstić information content (AvgIpc) is 3.02. The fourth-order valence-electron chi connectivity index (χ4n) is 6.29. The molecule has 0 saturated heterocycles. The van der Waals surface area contributed by atoms with Crippen LogP contribution in [0, 0.1) is 0 Å². The second kappa shape index (κ2) is 9.69. The Morgan fingerprint density at radius 2 is 0.769 bits per heavy atom. The summed E-state index contributed by atoms with van der Waals surface area (Å²) in [5.74, 6) is 1.09. The number of fused-ring (bicyclic) bond motifs is 2. The Hall–Kier alpha value is -2.80. The van der Waals surface area contributed by atoms with Gasteiger partial charge in [-0.15, -0.1) is 0 Å². The molecule has 0 amide bonds. The van der Waals surface area contributed by atoms with Crippen LogP contribution in [0.3, 0.4) is 0 Å². The Labute approximate surface area is 237 Å². The van der Waals surface area contributed by atoms with Crippen LogP contribution in [0.15, 0.2) is 36.4 Å². The molecule has 0 unspecified atom stereocenters. The number of rotatable bonds is 1. The lowest BCUT2D eigenvalue weighted by molar-refractivity contribution is 0.403. The third kappa shape index (κ3) is 5.47. The molecule has 0 aromatic heterocycles. The first-order valence-corrected chi connectivity index (χ1v) is 14.9. The second-order valence-electron chi connectivity index (χ2n) is 15.0. The van der Waals surface area contributed by atoms with Crippen LogP contribution < -0.4 is 4.74 Å². The molecule has 0 atom stereocenters. The molecule has 3 aromatic carbocycles. The van der Waals surface area contributed by atoms with E-state index in [4.69, 9.17) is 4.74 Å². The highest BCUT2D eigenvalue weighted by Gasteiger charge is 2.25. The lowest BCUT2D eigenvalue weighted by Gasteiger charge is -2.26. The van der Waals surface area contributed by atoms with Gasteiger partial charge in [-0.25, -0.2) is 0 Å². The number of hydrogen-bond donors (Lipinski definition) is 0. The predicted molar refractivity (Wildman–Crippen MR) is 169 cm³/mol. The van der Waals surface area contributed by atoms with E-state index in [0.717, 1.165) is 37.9 Å². The van der Waals surface area contributed by atoms with E-state index < -0.39 is 0 Å². The maximum atomic E-state index is 6.17. The van der Waals surface area contributed by atoms with E-state index in [1.54, 1.807) is 0 Å². The zero-order valence-corrected chi connectivity index (χ0v) is 26.1. The zero-order chi connectivity index (χ0) is 28.3. The van der Waals surface area contributed by atoms with Gasteiger partial charge in [0.2, 0.25) is 0 Å². The van der Waals surface area contributed by atoms with Gasteiger partial charge in [-0.1, -0.05) is 111 Å². The molecule has 206 valence electrons. The van der Waals surface area contributed by atoms with E-state index in [1.807, 2.05) is 7.11 Å². The first-order valence-electron chi connectivity index (χ1n) is 14.9. The standard InChI is InChI=1S/C38H48O/c1-36(2,3)30-18-24-11-13-26-20-32(38(7,8)9)21-27(35(26)39-10)14-12-25-19-31(37(4,5)6)23-29-17-28(22-30)33(24)15-16-34(25)29/h15-16,18-23H,11-14,17H2,1-10H3. The minimum Gasteiger partial charge on any atom is -0.496 e. The summed E-state index contributed by atoms with van der Waals surface area (Å²) in [6.45, 7) is 21.0. The highest BCUT2D eigenvalue weighted by Crippen LogP contribution is 2.39. The number of methoxy groups -OCH3 is 1. The summed E-state index contributed by atoms with van der Waals surface area (Å²) >= 11 is 0. The van der Waals surface area contributed by atoms with Gasteiger partial charge in [0.05, 0.1) is 7.11 Å². The summed E-state index contributed by atoms with van der Waals surface area (Å²) in [6.07, 6.45) is 9.83. The molecule has 0 saturated carbocycles. The van der Waals surface area contributed by atoms with Crippen molar-refractivity contribution in [3.63, 3.8) is 0 Å². The molecule has 2 aliphatic rings. The van der Waals surface area contributed by atoms with E-state index in [-0.39, 0.29) is 16.2 Å². The monoisotopic (exact) mass is 520 g/mol. The smallest absolute Gasteiger partial charge is 0.125 e. The van der Waals surface area contributed by atoms with Gasteiger partial charge in [0, 0.05) is 0 Å². The Bertz CT molecular complexity index is 1350. The van der Waals surface area contributed by atoms with Crippen molar-refractivity contribution in [1.29, 1.82) is 0 Å². The summed E-state index contributed by atoms with van der Waals surface area (Å²) in [4.78, 5) is 0. The summed E-state index contributed by atoms with van der Waals surface area (Å²) in [7, 11) is 1.86. The normalized spacial score (nSPS) is 15.3. The lowest BCUT2D eigenvalue weighted by atomic mass is 9.79. The Kier molecular flexibility index (Phi) is 6.89. The van der Waals surface area contributed by atoms with Crippen LogP contribution in [0.2, 0.25) is 0 Å². The average molecular weight is 521 g/mol. The van der Waals surface area contributed by atoms with Gasteiger partial charge in [-0.05, 0) is 110 Å². The molecule has 5 rings (SSSR count). The molecule has 0 radical (unpaired) electrons. The number of benzene rings is 3. The van der Waals surface area contributed by atoms with E-state index >= 15 is 0 Å². The first kappa shape index (κ1) is 27.8. The number of ether oxygens (including phenoxy) is 1. The minimum absolute atomic E-state index is 0.0890. The van der Waals surface area contributed by atoms with Crippen molar-refractivity contribution in [1.82, 2.24) is 0 Å². The van der Waals surface area contributed by atoms with E-state index in [2.05, 4.69) is 111 Å². The minimum atomic E-state index is 0.0890. The zero-order valence-electron chi connectivity index (χ0n) is 26.1. The van der Waals surface area contributed by atoms with Crippen molar-refractivity contribution >= 4 is 12.2 Å².